The molecule has 0 bridgehead atoms. The van der Waals surface area contributed by atoms with Crippen LogP contribution >= 0.6 is 24.0 Å². The van der Waals surface area contributed by atoms with Crippen LogP contribution in [0.2, 0.25) is 0 Å². The largest absolute Gasteiger partial charge is 0.241 e. The van der Waals surface area contributed by atoms with E-state index >= 15 is 0 Å². The van der Waals surface area contributed by atoms with Crippen LogP contribution in [0.1, 0.15) is 5.01 Å². The fourth-order valence-electron chi connectivity index (χ4n) is 1.22. The summed E-state index contributed by atoms with van der Waals surface area (Å²) in [5.74, 6) is 0. The molecule has 2 rings (SSSR count). The molecule has 1 aromatic carbocycles. The van der Waals surface area contributed by atoms with Crippen LogP contribution < -0.4 is 0 Å². The lowest BCUT2D eigenvalue weighted by atomic mass is 10.3. The van der Waals surface area contributed by atoms with Crippen LogP contribution in [0.15, 0.2) is 24.3 Å². The van der Waals surface area contributed by atoms with Crippen LogP contribution in [0.25, 0.3) is 10.2 Å². The molecule has 2 aromatic rings. The molecule has 70 valence electrons. The molecule has 14 heavy (non-hydrogen) atoms. The second kappa shape index (κ2) is 3.99. The van der Waals surface area contributed by atoms with Crippen LogP contribution in [-0.2, 0) is 6.42 Å². The summed E-state index contributed by atoms with van der Waals surface area (Å²) in [5.41, 5.74) is 1.01. The molecule has 0 saturated heterocycles. The highest BCUT2D eigenvalue weighted by molar-refractivity contribution is 7.81. The maximum absolute atomic E-state index is 8.62. The van der Waals surface area contributed by atoms with Crippen LogP contribution in [0.4, 0.5) is 0 Å². The van der Waals surface area contributed by atoms with Crippen LogP contribution in [0, 0.1) is 11.3 Å². The summed E-state index contributed by atoms with van der Waals surface area (Å²) < 4.78 is 1.17. The van der Waals surface area contributed by atoms with Crippen LogP contribution in [0.5, 0.6) is 0 Å². The molecule has 0 spiro atoms. The number of rotatable bonds is 2. The van der Waals surface area contributed by atoms with Crippen molar-refractivity contribution in [2.24, 2.45) is 0 Å². The van der Waals surface area contributed by atoms with Gasteiger partial charge in [-0.05, 0) is 12.1 Å². The first kappa shape index (κ1) is 9.50. The van der Waals surface area contributed by atoms with E-state index in [-0.39, 0.29) is 5.25 Å². The molecule has 1 heterocycles. The number of fused-ring (bicyclic) bond motifs is 1. The van der Waals surface area contributed by atoms with Crippen molar-refractivity contribution in [1.29, 1.82) is 5.26 Å². The Morgan fingerprint density at radius 1 is 1.50 bits per heavy atom. The van der Waals surface area contributed by atoms with Gasteiger partial charge >= 0.3 is 0 Å². The topological polar surface area (TPSA) is 36.7 Å². The normalized spacial score (nSPS) is 12.6. The van der Waals surface area contributed by atoms with Gasteiger partial charge < -0.3 is 0 Å². The molecule has 0 fully saturated rings. The summed E-state index contributed by atoms with van der Waals surface area (Å²) in [4.78, 5) is 4.42. The van der Waals surface area contributed by atoms with Gasteiger partial charge in [-0.1, -0.05) is 12.1 Å². The molecule has 0 aliphatic rings. The average Bonchev–Trinajstić information content (AvgIpc) is 2.59. The zero-order valence-electron chi connectivity index (χ0n) is 7.34. The van der Waals surface area contributed by atoms with Crippen molar-refractivity contribution < 1.29 is 0 Å². The van der Waals surface area contributed by atoms with Crippen LogP contribution in [-0.4, -0.2) is 10.2 Å². The summed E-state index contributed by atoms with van der Waals surface area (Å²) in [5, 5.41) is 9.35. The summed E-state index contributed by atoms with van der Waals surface area (Å²) >= 11 is 5.76. The molecule has 1 aromatic heterocycles. The van der Waals surface area contributed by atoms with E-state index in [1.54, 1.807) is 11.3 Å². The van der Waals surface area contributed by atoms with Gasteiger partial charge in [-0.15, -0.1) is 11.3 Å². The fourth-order valence-corrected chi connectivity index (χ4v) is 2.53. The number of thiazole rings is 1. The zero-order valence-corrected chi connectivity index (χ0v) is 9.05. The smallest absolute Gasteiger partial charge is 0.0960 e. The lowest BCUT2D eigenvalue weighted by Crippen LogP contribution is -1.98. The van der Waals surface area contributed by atoms with Crippen molar-refractivity contribution in [3.05, 3.63) is 29.3 Å². The number of thiol groups is 1. The predicted molar refractivity (Wildman–Crippen MR) is 61.7 cm³/mol. The molecule has 0 amide bonds. The highest BCUT2D eigenvalue weighted by Crippen LogP contribution is 2.22. The van der Waals surface area contributed by atoms with Crippen molar-refractivity contribution in [1.82, 2.24) is 4.98 Å². The first-order valence-corrected chi connectivity index (χ1v) is 5.55. The first-order valence-electron chi connectivity index (χ1n) is 4.22. The second-order valence-corrected chi connectivity index (χ2v) is 4.66. The Labute approximate surface area is 91.6 Å². The van der Waals surface area contributed by atoms with Gasteiger partial charge in [0.05, 0.1) is 26.5 Å². The SMILES string of the molecule is N#CC(S)Cc1nc2ccccc2s1. The molecule has 2 nitrogen and oxygen atoms in total. The standard InChI is InChI=1S/C10H8N2S2/c11-6-7(13)5-10-12-8-3-1-2-4-9(8)14-10/h1-4,7,13H,5H2. The summed E-state index contributed by atoms with van der Waals surface area (Å²) in [6, 6.07) is 10.1. The molecule has 1 atom stereocenters. The quantitative estimate of drug-likeness (QED) is 0.790. The van der Waals surface area contributed by atoms with Crippen LogP contribution in [0.3, 0.4) is 0 Å². The van der Waals surface area contributed by atoms with Gasteiger partial charge in [0.2, 0.25) is 0 Å². The van der Waals surface area contributed by atoms with Crippen molar-refractivity contribution >= 4 is 34.2 Å². The lowest BCUT2D eigenvalue weighted by Gasteiger charge is -1.94. The Hall–Kier alpha value is -1.05. The summed E-state index contributed by atoms with van der Waals surface area (Å²) in [6.07, 6.45) is 0.624. The van der Waals surface area contributed by atoms with E-state index in [2.05, 4.69) is 23.7 Å². The van der Waals surface area contributed by atoms with Crippen molar-refractivity contribution in [2.75, 3.05) is 0 Å². The fraction of sp³-hybridized carbons (Fsp3) is 0.200. The molecule has 0 radical (unpaired) electrons. The monoisotopic (exact) mass is 220 g/mol. The van der Waals surface area contributed by atoms with E-state index < -0.39 is 0 Å². The Morgan fingerprint density at radius 2 is 2.29 bits per heavy atom. The predicted octanol–water partition coefficient (Wildman–Crippen LogP) is 2.66. The third-order valence-electron chi connectivity index (χ3n) is 1.86. The van der Waals surface area contributed by atoms with Gasteiger partial charge in [-0.25, -0.2) is 4.98 Å². The number of aromatic nitrogens is 1. The summed E-state index contributed by atoms with van der Waals surface area (Å²) in [6.45, 7) is 0. The number of hydrogen-bond donors (Lipinski definition) is 1. The first-order chi connectivity index (χ1) is 6.79. The van der Waals surface area contributed by atoms with Crippen molar-refractivity contribution in [3.63, 3.8) is 0 Å². The summed E-state index contributed by atoms with van der Waals surface area (Å²) in [7, 11) is 0. The number of para-hydroxylation sites is 1. The molecule has 0 saturated carbocycles. The minimum absolute atomic E-state index is 0.254. The molecule has 1 unspecified atom stereocenters. The average molecular weight is 220 g/mol. The minimum atomic E-state index is -0.254. The van der Waals surface area contributed by atoms with Crippen molar-refractivity contribution in [2.45, 2.75) is 11.7 Å². The number of hydrogen-bond acceptors (Lipinski definition) is 4. The van der Waals surface area contributed by atoms with E-state index in [1.807, 2.05) is 24.3 Å². The Balaban J connectivity index is 2.32. The van der Waals surface area contributed by atoms with Gasteiger partial charge in [0.15, 0.2) is 0 Å². The van der Waals surface area contributed by atoms with E-state index in [9.17, 15) is 0 Å². The highest BCUT2D eigenvalue weighted by atomic mass is 32.1. The van der Waals surface area contributed by atoms with E-state index in [0.29, 0.717) is 6.42 Å². The minimum Gasteiger partial charge on any atom is -0.241 e. The zero-order chi connectivity index (χ0) is 9.97. The molecule has 0 N–H and O–H groups in total. The number of nitriles is 1. The maximum atomic E-state index is 8.62. The molecule has 0 aliphatic heterocycles. The van der Waals surface area contributed by atoms with Gasteiger partial charge in [0, 0.05) is 6.42 Å². The van der Waals surface area contributed by atoms with Gasteiger partial charge in [-0.3, -0.25) is 0 Å². The molecular weight excluding hydrogens is 212 g/mol. The third kappa shape index (κ3) is 1.89. The van der Waals surface area contributed by atoms with Crippen molar-refractivity contribution in [3.8, 4) is 6.07 Å². The Kier molecular flexibility index (Phi) is 2.71. The molecule has 4 heteroatoms. The van der Waals surface area contributed by atoms with Gasteiger partial charge in [0.25, 0.3) is 0 Å². The Bertz CT molecular complexity index is 451. The number of benzene rings is 1. The van der Waals surface area contributed by atoms with E-state index in [4.69, 9.17) is 5.26 Å². The number of nitrogens with zero attached hydrogens (tertiary/aromatic N) is 2. The Morgan fingerprint density at radius 3 is 3.00 bits per heavy atom. The lowest BCUT2D eigenvalue weighted by molar-refractivity contribution is 1.02. The maximum Gasteiger partial charge on any atom is 0.0960 e. The van der Waals surface area contributed by atoms with E-state index in [0.717, 1.165) is 10.5 Å². The van der Waals surface area contributed by atoms with Gasteiger partial charge in [0.1, 0.15) is 0 Å². The molecule has 0 aliphatic carbocycles. The molecular formula is C10H8N2S2. The van der Waals surface area contributed by atoms with E-state index in [1.165, 1.54) is 4.70 Å². The third-order valence-corrected chi connectivity index (χ3v) is 3.21. The second-order valence-electron chi connectivity index (χ2n) is 2.92. The van der Waals surface area contributed by atoms with Gasteiger partial charge in [-0.2, -0.15) is 17.9 Å². The highest BCUT2D eigenvalue weighted by Gasteiger charge is 2.07.